The van der Waals surface area contributed by atoms with Crippen molar-refractivity contribution in [2.75, 3.05) is 62.7 Å². The summed E-state index contributed by atoms with van der Waals surface area (Å²) in [4.78, 5) is 24.6. The van der Waals surface area contributed by atoms with E-state index in [4.69, 9.17) is 9.72 Å². The van der Waals surface area contributed by atoms with Gasteiger partial charge >= 0.3 is 6.18 Å². The number of halogens is 3. The zero-order valence-corrected chi connectivity index (χ0v) is 23.1. The first-order valence-electron chi connectivity index (χ1n) is 14.0. The molecule has 0 aliphatic carbocycles. The molecular formula is C30H33F3N6O2. The van der Waals surface area contributed by atoms with Crippen LogP contribution in [0.3, 0.4) is 0 Å². The molecule has 0 unspecified atom stereocenters. The van der Waals surface area contributed by atoms with E-state index in [1.54, 1.807) is 15.9 Å². The van der Waals surface area contributed by atoms with Gasteiger partial charge in [-0.2, -0.15) is 18.4 Å². The second-order valence-corrected chi connectivity index (χ2v) is 11.7. The Morgan fingerprint density at radius 1 is 1.22 bits per heavy atom. The summed E-state index contributed by atoms with van der Waals surface area (Å²) in [5.41, 5.74) is 2.10. The van der Waals surface area contributed by atoms with Crippen molar-refractivity contribution in [3.63, 3.8) is 0 Å². The molecule has 4 aliphatic rings. The zero-order valence-electron chi connectivity index (χ0n) is 23.1. The van der Waals surface area contributed by atoms with Gasteiger partial charge < -0.3 is 24.3 Å². The summed E-state index contributed by atoms with van der Waals surface area (Å²) in [6, 6.07) is 8.17. The van der Waals surface area contributed by atoms with E-state index in [2.05, 4.69) is 22.4 Å². The molecule has 0 radical (unpaired) electrons. The van der Waals surface area contributed by atoms with E-state index in [0.29, 0.717) is 57.0 Å². The van der Waals surface area contributed by atoms with E-state index < -0.39 is 11.7 Å². The molecule has 8 nitrogen and oxygen atoms in total. The van der Waals surface area contributed by atoms with E-state index in [1.165, 1.54) is 18.2 Å². The SMILES string of the molecule is C=CC(=O)N1CC2(C1)CN(c1c(C#N)c(OC[C@@H]3CCCN3C)nc3c1CCN(c1ccccc1C(F)(F)F)C3)C2. The van der Waals surface area contributed by atoms with Crippen LogP contribution in [0.5, 0.6) is 5.88 Å². The molecule has 0 saturated carbocycles. The number of hydrogen-bond acceptors (Lipinski definition) is 7. The zero-order chi connectivity index (χ0) is 28.9. The predicted molar refractivity (Wildman–Crippen MR) is 148 cm³/mol. The van der Waals surface area contributed by atoms with Crippen LogP contribution in [0.1, 0.15) is 35.2 Å². The van der Waals surface area contributed by atoms with Crippen molar-refractivity contribution in [1.29, 1.82) is 5.26 Å². The van der Waals surface area contributed by atoms with Crippen molar-refractivity contribution < 1.29 is 22.7 Å². The number of rotatable bonds is 6. The lowest BCUT2D eigenvalue weighted by Gasteiger charge is -2.61. The molecule has 1 aromatic carbocycles. The number of ether oxygens (including phenoxy) is 1. The summed E-state index contributed by atoms with van der Waals surface area (Å²) in [5.74, 6) is 0.158. The number of likely N-dealkylation sites (N-methyl/N-ethyl adjacent to an activating group) is 1. The van der Waals surface area contributed by atoms with Crippen LogP contribution in [0.4, 0.5) is 24.5 Å². The minimum atomic E-state index is -4.47. The van der Waals surface area contributed by atoms with Crippen molar-refractivity contribution >= 4 is 17.3 Å². The molecule has 216 valence electrons. The Morgan fingerprint density at radius 3 is 2.63 bits per heavy atom. The van der Waals surface area contributed by atoms with Gasteiger partial charge in [0.05, 0.1) is 23.5 Å². The Bertz CT molecular complexity index is 1410. The van der Waals surface area contributed by atoms with Crippen LogP contribution in [0.15, 0.2) is 36.9 Å². The Kier molecular flexibility index (Phi) is 6.85. The summed E-state index contributed by atoms with van der Waals surface area (Å²) < 4.78 is 47.7. The third-order valence-electron chi connectivity index (χ3n) is 8.95. The number of aromatic nitrogens is 1. The number of carbonyl (C=O) groups is 1. The van der Waals surface area contributed by atoms with Gasteiger partial charge in [-0.15, -0.1) is 0 Å². The molecular weight excluding hydrogens is 533 g/mol. The number of benzene rings is 1. The maximum atomic E-state index is 13.8. The topological polar surface area (TPSA) is 75.9 Å². The minimum absolute atomic E-state index is 0.0263. The Morgan fingerprint density at radius 2 is 1.98 bits per heavy atom. The average molecular weight is 567 g/mol. The van der Waals surface area contributed by atoms with Gasteiger partial charge in [-0.3, -0.25) is 4.79 Å². The summed E-state index contributed by atoms with van der Waals surface area (Å²) in [7, 11) is 2.05. The van der Waals surface area contributed by atoms with Crippen LogP contribution in [-0.2, 0) is 23.9 Å². The van der Waals surface area contributed by atoms with Crippen LogP contribution < -0.4 is 14.5 Å². The van der Waals surface area contributed by atoms with Crippen LogP contribution in [0, 0.1) is 16.7 Å². The second kappa shape index (κ2) is 10.2. The number of likely N-dealkylation sites (tertiary alicyclic amines) is 2. The van der Waals surface area contributed by atoms with Gasteiger partial charge in [0.25, 0.3) is 0 Å². The molecule has 1 amide bonds. The summed E-state index contributed by atoms with van der Waals surface area (Å²) in [6.45, 7) is 8.14. The molecule has 0 bridgehead atoms. The van der Waals surface area contributed by atoms with Crippen molar-refractivity contribution in [3.05, 3.63) is 59.3 Å². The first kappa shape index (κ1) is 27.4. The van der Waals surface area contributed by atoms with E-state index >= 15 is 0 Å². The van der Waals surface area contributed by atoms with Gasteiger partial charge in [0.1, 0.15) is 18.2 Å². The average Bonchev–Trinajstić information content (AvgIpc) is 3.33. The number of pyridine rings is 1. The van der Waals surface area contributed by atoms with E-state index in [-0.39, 0.29) is 35.5 Å². The highest BCUT2D eigenvalue weighted by Gasteiger charge is 2.54. The highest BCUT2D eigenvalue weighted by Crippen LogP contribution is 2.47. The number of para-hydroxylation sites is 1. The van der Waals surface area contributed by atoms with Gasteiger partial charge in [-0.1, -0.05) is 18.7 Å². The molecule has 3 fully saturated rings. The smallest absolute Gasteiger partial charge is 0.418 e. The summed E-state index contributed by atoms with van der Waals surface area (Å²) >= 11 is 0. The number of amides is 1. The van der Waals surface area contributed by atoms with Gasteiger partial charge in [-0.05, 0) is 51.1 Å². The second-order valence-electron chi connectivity index (χ2n) is 11.7. The Balaban J connectivity index is 1.32. The Labute approximate surface area is 237 Å². The molecule has 1 aromatic heterocycles. The number of nitrogens with zero attached hydrogens (tertiary/aromatic N) is 6. The largest absolute Gasteiger partial charge is 0.475 e. The van der Waals surface area contributed by atoms with Crippen LogP contribution in [0.2, 0.25) is 0 Å². The number of fused-ring (bicyclic) bond motifs is 1. The minimum Gasteiger partial charge on any atom is -0.475 e. The van der Waals surface area contributed by atoms with Crippen molar-refractivity contribution in [2.45, 2.75) is 38.0 Å². The lowest BCUT2D eigenvalue weighted by molar-refractivity contribution is -0.139. The Hall–Kier alpha value is -3.78. The lowest BCUT2D eigenvalue weighted by atomic mass is 9.72. The molecule has 1 spiro atoms. The third kappa shape index (κ3) is 4.88. The normalized spacial score (nSPS) is 21.6. The maximum absolute atomic E-state index is 13.8. The van der Waals surface area contributed by atoms with E-state index in [9.17, 15) is 23.2 Å². The summed E-state index contributed by atoms with van der Waals surface area (Å²) in [5, 5.41) is 10.3. The fourth-order valence-corrected chi connectivity index (χ4v) is 6.82. The number of hydrogen-bond donors (Lipinski definition) is 0. The number of anilines is 2. The molecule has 3 saturated heterocycles. The molecule has 0 N–H and O–H groups in total. The molecule has 11 heteroatoms. The fourth-order valence-electron chi connectivity index (χ4n) is 6.82. The fraction of sp³-hybridized carbons (Fsp3) is 0.500. The van der Waals surface area contributed by atoms with Gasteiger partial charge in [0.15, 0.2) is 0 Å². The third-order valence-corrected chi connectivity index (χ3v) is 8.95. The number of alkyl halides is 3. The highest BCUT2D eigenvalue weighted by molar-refractivity contribution is 5.88. The van der Waals surface area contributed by atoms with Crippen LogP contribution >= 0.6 is 0 Å². The molecule has 4 aliphatic heterocycles. The quantitative estimate of drug-likeness (QED) is 0.492. The first-order valence-corrected chi connectivity index (χ1v) is 14.0. The van der Waals surface area contributed by atoms with Crippen molar-refractivity contribution in [1.82, 2.24) is 14.8 Å². The molecule has 41 heavy (non-hydrogen) atoms. The monoisotopic (exact) mass is 566 g/mol. The van der Waals surface area contributed by atoms with Crippen molar-refractivity contribution in [2.24, 2.45) is 5.41 Å². The van der Waals surface area contributed by atoms with E-state index in [0.717, 1.165) is 36.7 Å². The molecule has 1 atom stereocenters. The molecule has 6 rings (SSSR count). The van der Waals surface area contributed by atoms with Gasteiger partial charge in [0, 0.05) is 55.4 Å². The lowest BCUT2D eigenvalue weighted by Crippen LogP contribution is -2.73. The van der Waals surface area contributed by atoms with Gasteiger partial charge in [0.2, 0.25) is 11.8 Å². The first-order chi connectivity index (χ1) is 19.6. The number of carbonyl (C=O) groups excluding carboxylic acids is 1. The standard InChI is InChI=1S/C30H33F3N6O2/c1-3-26(40)38-16-29(17-38)18-39(19-29)27-21-10-12-37(25-9-5-4-8-23(25)30(31,32)33)14-24(21)35-28(22(27)13-34)41-15-20-7-6-11-36(20)2/h3-5,8-9,20H,1,6-7,10-12,14-19H2,2H3/t20-/m0/s1. The number of nitriles is 1. The highest BCUT2D eigenvalue weighted by atomic mass is 19.4. The molecule has 5 heterocycles. The maximum Gasteiger partial charge on any atom is 0.418 e. The van der Waals surface area contributed by atoms with E-state index in [1.807, 2.05) is 7.05 Å². The van der Waals surface area contributed by atoms with Crippen LogP contribution in [-0.4, -0.2) is 79.7 Å². The van der Waals surface area contributed by atoms with Crippen LogP contribution in [0.25, 0.3) is 0 Å². The van der Waals surface area contributed by atoms with Crippen molar-refractivity contribution in [3.8, 4) is 11.9 Å². The molecule has 2 aromatic rings. The predicted octanol–water partition coefficient (Wildman–Crippen LogP) is 3.84. The van der Waals surface area contributed by atoms with Gasteiger partial charge in [-0.25, -0.2) is 4.98 Å². The summed E-state index contributed by atoms with van der Waals surface area (Å²) in [6.07, 6.45) is -0.628.